The van der Waals surface area contributed by atoms with Gasteiger partial charge in [0.05, 0.1) is 19.9 Å². The second kappa shape index (κ2) is 7.74. The zero-order valence-corrected chi connectivity index (χ0v) is 15.1. The van der Waals surface area contributed by atoms with E-state index in [2.05, 4.69) is 39.6 Å². The molecule has 26 heavy (non-hydrogen) atoms. The molecule has 0 saturated heterocycles. The SMILES string of the molecule is COc1ccc(C(=O)Nc2ccnn2Cc2ccc(N(C)C)cc2)cc1. The summed E-state index contributed by atoms with van der Waals surface area (Å²) in [6, 6.07) is 17.0. The maximum Gasteiger partial charge on any atom is 0.256 e. The van der Waals surface area contributed by atoms with Gasteiger partial charge in [0.1, 0.15) is 11.6 Å². The molecule has 0 aliphatic heterocycles. The number of rotatable bonds is 6. The molecular formula is C20H22N4O2. The van der Waals surface area contributed by atoms with Crippen molar-refractivity contribution in [2.45, 2.75) is 6.54 Å². The lowest BCUT2D eigenvalue weighted by Crippen LogP contribution is -2.16. The van der Waals surface area contributed by atoms with Crippen LogP contribution in [0.15, 0.2) is 60.8 Å². The topological polar surface area (TPSA) is 59.4 Å². The molecule has 0 aliphatic rings. The number of hydrogen-bond donors (Lipinski definition) is 1. The first-order valence-corrected chi connectivity index (χ1v) is 8.30. The molecule has 0 aliphatic carbocycles. The molecule has 0 radical (unpaired) electrons. The van der Waals surface area contributed by atoms with Gasteiger partial charge in [-0.2, -0.15) is 5.10 Å². The van der Waals surface area contributed by atoms with Crippen molar-refractivity contribution in [2.24, 2.45) is 0 Å². The molecule has 0 fully saturated rings. The second-order valence-corrected chi connectivity index (χ2v) is 6.12. The highest BCUT2D eigenvalue weighted by molar-refractivity contribution is 6.03. The molecule has 0 bridgehead atoms. The Balaban J connectivity index is 1.70. The van der Waals surface area contributed by atoms with Crippen LogP contribution in [0.4, 0.5) is 11.5 Å². The predicted molar refractivity (Wildman–Crippen MR) is 103 cm³/mol. The molecule has 0 atom stereocenters. The summed E-state index contributed by atoms with van der Waals surface area (Å²) in [5, 5.41) is 7.22. The Labute approximate surface area is 153 Å². The minimum Gasteiger partial charge on any atom is -0.497 e. The highest BCUT2D eigenvalue weighted by Crippen LogP contribution is 2.16. The first kappa shape index (κ1) is 17.5. The molecule has 0 spiro atoms. The van der Waals surface area contributed by atoms with Crippen LogP contribution in [-0.2, 0) is 6.54 Å². The first-order chi connectivity index (χ1) is 12.6. The van der Waals surface area contributed by atoms with E-state index in [1.165, 1.54) is 0 Å². The number of nitrogens with one attached hydrogen (secondary N) is 1. The molecule has 1 amide bonds. The molecule has 3 rings (SSSR count). The first-order valence-electron chi connectivity index (χ1n) is 8.30. The van der Waals surface area contributed by atoms with E-state index in [0.717, 1.165) is 11.3 Å². The van der Waals surface area contributed by atoms with E-state index in [1.807, 2.05) is 14.1 Å². The zero-order valence-electron chi connectivity index (χ0n) is 15.1. The Hall–Kier alpha value is -3.28. The van der Waals surface area contributed by atoms with Gasteiger partial charge < -0.3 is 15.0 Å². The van der Waals surface area contributed by atoms with Gasteiger partial charge in [0, 0.05) is 31.4 Å². The quantitative estimate of drug-likeness (QED) is 0.741. The third-order valence-electron chi connectivity index (χ3n) is 4.10. The zero-order chi connectivity index (χ0) is 18.5. The van der Waals surface area contributed by atoms with Crippen molar-refractivity contribution in [3.8, 4) is 5.75 Å². The van der Waals surface area contributed by atoms with Gasteiger partial charge in [-0.15, -0.1) is 0 Å². The number of nitrogens with zero attached hydrogens (tertiary/aromatic N) is 3. The van der Waals surface area contributed by atoms with E-state index >= 15 is 0 Å². The summed E-state index contributed by atoms with van der Waals surface area (Å²) in [7, 11) is 5.61. The van der Waals surface area contributed by atoms with Gasteiger partial charge in [-0.05, 0) is 42.0 Å². The van der Waals surface area contributed by atoms with E-state index < -0.39 is 0 Å². The Morgan fingerprint density at radius 2 is 1.77 bits per heavy atom. The number of methoxy groups -OCH3 is 1. The highest BCUT2D eigenvalue weighted by Gasteiger charge is 2.10. The number of aromatic nitrogens is 2. The Kier molecular flexibility index (Phi) is 5.22. The summed E-state index contributed by atoms with van der Waals surface area (Å²) in [6.45, 7) is 0.582. The van der Waals surface area contributed by atoms with Crippen molar-refractivity contribution in [3.05, 3.63) is 71.9 Å². The van der Waals surface area contributed by atoms with Crippen LogP contribution in [0.3, 0.4) is 0 Å². The van der Waals surface area contributed by atoms with E-state index in [-0.39, 0.29) is 5.91 Å². The van der Waals surface area contributed by atoms with Gasteiger partial charge in [-0.3, -0.25) is 4.79 Å². The van der Waals surface area contributed by atoms with Crippen molar-refractivity contribution < 1.29 is 9.53 Å². The van der Waals surface area contributed by atoms with E-state index in [9.17, 15) is 4.79 Å². The van der Waals surface area contributed by atoms with Crippen LogP contribution in [0.25, 0.3) is 0 Å². The third-order valence-corrected chi connectivity index (χ3v) is 4.10. The molecule has 1 aromatic heterocycles. The summed E-state index contributed by atoms with van der Waals surface area (Å²) in [6.07, 6.45) is 1.68. The molecule has 0 unspecified atom stereocenters. The van der Waals surface area contributed by atoms with Crippen LogP contribution in [0.1, 0.15) is 15.9 Å². The van der Waals surface area contributed by atoms with Crippen LogP contribution in [-0.4, -0.2) is 36.9 Å². The molecule has 3 aromatic rings. The van der Waals surface area contributed by atoms with Gasteiger partial charge in [-0.1, -0.05) is 12.1 Å². The fourth-order valence-electron chi connectivity index (χ4n) is 2.57. The molecule has 1 N–H and O–H groups in total. The molecule has 6 heteroatoms. The molecule has 2 aromatic carbocycles. The average Bonchev–Trinajstić information content (AvgIpc) is 3.09. The van der Waals surface area contributed by atoms with Gasteiger partial charge in [0.2, 0.25) is 0 Å². The lowest BCUT2D eigenvalue weighted by atomic mass is 10.2. The van der Waals surface area contributed by atoms with Crippen molar-refractivity contribution in [1.29, 1.82) is 0 Å². The van der Waals surface area contributed by atoms with E-state index in [1.54, 1.807) is 48.3 Å². The molecule has 134 valence electrons. The predicted octanol–water partition coefficient (Wildman–Crippen LogP) is 3.26. The number of ether oxygens (including phenoxy) is 1. The Bertz CT molecular complexity index is 868. The fourth-order valence-corrected chi connectivity index (χ4v) is 2.57. The van der Waals surface area contributed by atoms with Crippen LogP contribution in [0.5, 0.6) is 5.75 Å². The van der Waals surface area contributed by atoms with Crippen LogP contribution >= 0.6 is 0 Å². The number of hydrogen-bond acceptors (Lipinski definition) is 4. The summed E-state index contributed by atoms with van der Waals surface area (Å²) in [4.78, 5) is 14.5. The lowest BCUT2D eigenvalue weighted by Gasteiger charge is -2.13. The van der Waals surface area contributed by atoms with Crippen molar-refractivity contribution in [3.63, 3.8) is 0 Å². The van der Waals surface area contributed by atoms with E-state index in [4.69, 9.17) is 4.74 Å². The van der Waals surface area contributed by atoms with Crippen molar-refractivity contribution in [2.75, 3.05) is 31.4 Å². The standard InChI is InChI=1S/C20H22N4O2/c1-23(2)17-8-4-15(5-9-17)14-24-19(12-13-21-24)22-20(25)16-6-10-18(26-3)11-7-16/h4-13H,14H2,1-3H3,(H,22,25). The summed E-state index contributed by atoms with van der Waals surface area (Å²) in [5.41, 5.74) is 2.82. The van der Waals surface area contributed by atoms with Crippen LogP contribution in [0.2, 0.25) is 0 Å². The number of carbonyl (C=O) groups is 1. The third kappa shape index (κ3) is 4.03. The Morgan fingerprint density at radius 3 is 2.38 bits per heavy atom. The maximum atomic E-state index is 12.4. The summed E-state index contributed by atoms with van der Waals surface area (Å²) < 4.78 is 6.88. The van der Waals surface area contributed by atoms with Gasteiger partial charge in [0.15, 0.2) is 0 Å². The van der Waals surface area contributed by atoms with Crippen LogP contribution in [0, 0.1) is 0 Å². The smallest absolute Gasteiger partial charge is 0.256 e. The monoisotopic (exact) mass is 350 g/mol. The number of anilines is 2. The van der Waals surface area contributed by atoms with Gasteiger partial charge in [0.25, 0.3) is 5.91 Å². The molecule has 1 heterocycles. The lowest BCUT2D eigenvalue weighted by molar-refractivity contribution is 0.102. The van der Waals surface area contributed by atoms with E-state index in [0.29, 0.717) is 23.7 Å². The highest BCUT2D eigenvalue weighted by atomic mass is 16.5. The Morgan fingerprint density at radius 1 is 1.08 bits per heavy atom. The van der Waals surface area contributed by atoms with Gasteiger partial charge in [-0.25, -0.2) is 4.68 Å². The molecule has 6 nitrogen and oxygen atoms in total. The van der Waals surface area contributed by atoms with Crippen molar-refractivity contribution >= 4 is 17.4 Å². The number of benzene rings is 2. The van der Waals surface area contributed by atoms with Crippen LogP contribution < -0.4 is 15.0 Å². The largest absolute Gasteiger partial charge is 0.497 e. The number of carbonyl (C=O) groups excluding carboxylic acids is 1. The molecule has 0 saturated carbocycles. The summed E-state index contributed by atoms with van der Waals surface area (Å²) >= 11 is 0. The van der Waals surface area contributed by atoms with Crippen molar-refractivity contribution in [1.82, 2.24) is 9.78 Å². The number of amides is 1. The minimum atomic E-state index is -0.183. The minimum absolute atomic E-state index is 0.183. The second-order valence-electron chi connectivity index (χ2n) is 6.12. The molecular weight excluding hydrogens is 328 g/mol. The van der Waals surface area contributed by atoms with Gasteiger partial charge >= 0.3 is 0 Å². The maximum absolute atomic E-state index is 12.4. The average molecular weight is 350 g/mol. The fraction of sp³-hybridized carbons (Fsp3) is 0.200. The summed E-state index contributed by atoms with van der Waals surface area (Å²) in [5.74, 6) is 1.19. The normalized spacial score (nSPS) is 10.4.